The van der Waals surface area contributed by atoms with Gasteiger partial charge in [0.15, 0.2) is 5.82 Å². The number of imidazole rings is 1. The van der Waals surface area contributed by atoms with Gasteiger partial charge in [0.25, 0.3) is 5.91 Å². The second kappa shape index (κ2) is 7.77. The number of carboxylic acid groups (broad SMARTS) is 1. The first kappa shape index (κ1) is 18.7. The highest BCUT2D eigenvalue weighted by Gasteiger charge is 2.22. The van der Waals surface area contributed by atoms with E-state index in [1.54, 1.807) is 54.6 Å². The third-order valence-corrected chi connectivity index (χ3v) is 4.65. The number of fused-ring (bicyclic) bond motifs is 1. The molecule has 0 aliphatic heterocycles. The minimum Gasteiger partial charge on any atom is -0.486 e. The monoisotopic (exact) mass is 406 g/mol. The Morgan fingerprint density at radius 1 is 0.931 bits per heavy atom. The standard InChI is InChI=1S/C22H15ClN2O4/c23-14-9-11-15(12-10-14)29-13-20-24-18-7-3-4-8-19(18)25(20)21(26)16-5-1-2-6-17(16)22(27)28/h1-12H,13H2,(H,27,28). The summed E-state index contributed by atoms with van der Waals surface area (Å²) in [5.74, 6) is -0.707. The minimum absolute atomic E-state index is 0.0251. The molecule has 0 aliphatic carbocycles. The Balaban J connectivity index is 1.77. The van der Waals surface area contributed by atoms with Gasteiger partial charge in [-0.1, -0.05) is 35.9 Å². The molecule has 0 spiro atoms. The maximum Gasteiger partial charge on any atom is 0.336 e. The molecule has 0 bridgehead atoms. The number of ether oxygens (including phenoxy) is 1. The number of aromatic nitrogens is 2. The molecule has 1 heterocycles. The second-order valence-corrected chi connectivity index (χ2v) is 6.69. The van der Waals surface area contributed by atoms with Gasteiger partial charge in [-0.2, -0.15) is 0 Å². The molecule has 0 saturated carbocycles. The van der Waals surface area contributed by atoms with Gasteiger partial charge in [-0.25, -0.2) is 9.78 Å². The lowest BCUT2D eigenvalue weighted by atomic mass is 10.1. The average molecular weight is 407 g/mol. The van der Waals surface area contributed by atoms with Crippen LogP contribution >= 0.6 is 11.6 Å². The lowest BCUT2D eigenvalue weighted by Crippen LogP contribution is -2.19. The molecule has 0 unspecified atom stereocenters. The van der Waals surface area contributed by atoms with Crippen LogP contribution in [0.2, 0.25) is 5.02 Å². The van der Waals surface area contributed by atoms with Gasteiger partial charge in [0.05, 0.1) is 22.2 Å². The van der Waals surface area contributed by atoms with Crippen LogP contribution in [0.15, 0.2) is 72.8 Å². The summed E-state index contributed by atoms with van der Waals surface area (Å²) >= 11 is 5.89. The summed E-state index contributed by atoms with van der Waals surface area (Å²) in [5.41, 5.74) is 1.20. The molecule has 0 aliphatic rings. The van der Waals surface area contributed by atoms with Crippen LogP contribution < -0.4 is 4.74 Å². The number of benzene rings is 3. The first-order chi connectivity index (χ1) is 14.0. The molecular formula is C22H15ClN2O4. The first-order valence-corrected chi connectivity index (χ1v) is 9.14. The third kappa shape index (κ3) is 3.70. The number of para-hydroxylation sites is 2. The number of hydrogen-bond acceptors (Lipinski definition) is 4. The fraction of sp³-hybridized carbons (Fsp3) is 0.0455. The van der Waals surface area contributed by atoms with Gasteiger partial charge in [0, 0.05) is 5.02 Å². The fourth-order valence-electron chi connectivity index (χ4n) is 3.05. The van der Waals surface area contributed by atoms with Crippen LogP contribution in [0.5, 0.6) is 5.75 Å². The molecule has 144 valence electrons. The average Bonchev–Trinajstić information content (AvgIpc) is 3.11. The van der Waals surface area contributed by atoms with Gasteiger partial charge in [-0.3, -0.25) is 9.36 Å². The molecular weight excluding hydrogens is 392 g/mol. The summed E-state index contributed by atoms with van der Waals surface area (Å²) < 4.78 is 7.17. The van der Waals surface area contributed by atoms with E-state index >= 15 is 0 Å². The van der Waals surface area contributed by atoms with Crippen molar-refractivity contribution in [3.05, 3.63) is 94.8 Å². The summed E-state index contributed by atoms with van der Waals surface area (Å²) in [6.45, 7) is 0.0251. The molecule has 0 saturated heterocycles. The quantitative estimate of drug-likeness (QED) is 0.521. The molecule has 0 radical (unpaired) electrons. The Morgan fingerprint density at radius 2 is 1.59 bits per heavy atom. The normalized spacial score (nSPS) is 10.8. The number of rotatable bonds is 5. The van der Waals surface area contributed by atoms with Crippen molar-refractivity contribution < 1.29 is 19.4 Å². The number of carbonyl (C=O) groups excluding carboxylic acids is 1. The van der Waals surface area contributed by atoms with E-state index in [-0.39, 0.29) is 17.7 Å². The molecule has 0 amide bonds. The van der Waals surface area contributed by atoms with Gasteiger partial charge in [0.2, 0.25) is 0 Å². The van der Waals surface area contributed by atoms with E-state index in [0.717, 1.165) is 0 Å². The van der Waals surface area contributed by atoms with Crippen molar-refractivity contribution in [1.29, 1.82) is 0 Å². The number of hydrogen-bond donors (Lipinski definition) is 1. The Hall–Kier alpha value is -3.64. The molecule has 4 rings (SSSR count). The molecule has 3 aromatic carbocycles. The zero-order valence-electron chi connectivity index (χ0n) is 15.1. The second-order valence-electron chi connectivity index (χ2n) is 6.25. The summed E-state index contributed by atoms with van der Waals surface area (Å²) in [5, 5.41) is 10.0. The maximum atomic E-state index is 13.3. The Labute approximate surface area is 170 Å². The van der Waals surface area contributed by atoms with Gasteiger partial charge < -0.3 is 9.84 Å². The van der Waals surface area contributed by atoms with Gasteiger partial charge >= 0.3 is 5.97 Å². The Kier molecular flexibility index (Phi) is 5.01. The van der Waals surface area contributed by atoms with Crippen molar-refractivity contribution in [3.8, 4) is 5.75 Å². The van der Waals surface area contributed by atoms with Gasteiger partial charge in [-0.05, 0) is 48.5 Å². The molecule has 6 nitrogen and oxygen atoms in total. The maximum absolute atomic E-state index is 13.3. The fourth-order valence-corrected chi connectivity index (χ4v) is 3.18. The van der Waals surface area contributed by atoms with Crippen LogP contribution in [-0.2, 0) is 6.61 Å². The van der Waals surface area contributed by atoms with E-state index in [2.05, 4.69) is 4.98 Å². The van der Waals surface area contributed by atoms with Crippen LogP contribution in [-0.4, -0.2) is 26.5 Å². The highest BCUT2D eigenvalue weighted by molar-refractivity contribution is 6.30. The molecule has 0 atom stereocenters. The molecule has 1 N–H and O–H groups in total. The molecule has 0 fully saturated rings. The Bertz CT molecular complexity index is 1220. The van der Waals surface area contributed by atoms with Crippen LogP contribution in [0.3, 0.4) is 0 Å². The molecule has 29 heavy (non-hydrogen) atoms. The zero-order valence-corrected chi connectivity index (χ0v) is 15.8. The lowest BCUT2D eigenvalue weighted by molar-refractivity contribution is 0.0691. The first-order valence-electron chi connectivity index (χ1n) is 8.76. The SMILES string of the molecule is O=C(O)c1ccccc1C(=O)n1c(COc2ccc(Cl)cc2)nc2ccccc21. The highest BCUT2D eigenvalue weighted by Crippen LogP contribution is 2.22. The molecule has 1 aromatic heterocycles. The van der Waals surface area contributed by atoms with Crippen molar-refractivity contribution in [1.82, 2.24) is 9.55 Å². The summed E-state index contributed by atoms with van der Waals surface area (Å²) in [6, 6.07) is 20.1. The predicted octanol–water partition coefficient (Wildman–Crippen LogP) is 4.66. The van der Waals surface area contributed by atoms with Crippen LogP contribution in [0, 0.1) is 0 Å². The van der Waals surface area contributed by atoms with Crippen molar-refractivity contribution in [2.45, 2.75) is 6.61 Å². The van der Waals surface area contributed by atoms with Crippen molar-refractivity contribution >= 4 is 34.5 Å². The smallest absolute Gasteiger partial charge is 0.336 e. The lowest BCUT2D eigenvalue weighted by Gasteiger charge is -2.11. The van der Waals surface area contributed by atoms with Crippen molar-refractivity contribution in [2.24, 2.45) is 0 Å². The highest BCUT2D eigenvalue weighted by atomic mass is 35.5. The zero-order chi connectivity index (χ0) is 20.4. The summed E-state index contributed by atoms with van der Waals surface area (Å²) in [6.07, 6.45) is 0. The van der Waals surface area contributed by atoms with Gasteiger partial charge in [0.1, 0.15) is 12.4 Å². The van der Waals surface area contributed by atoms with E-state index in [0.29, 0.717) is 27.6 Å². The molecule has 4 aromatic rings. The van der Waals surface area contributed by atoms with E-state index < -0.39 is 11.9 Å². The third-order valence-electron chi connectivity index (χ3n) is 4.40. The van der Waals surface area contributed by atoms with Gasteiger partial charge in [-0.15, -0.1) is 0 Å². The Morgan fingerprint density at radius 3 is 2.31 bits per heavy atom. The number of carbonyl (C=O) groups is 2. The topological polar surface area (TPSA) is 81.4 Å². The van der Waals surface area contributed by atoms with Crippen molar-refractivity contribution in [3.63, 3.8) is 0 Å². The molecule has 7 heteroatoms. The van der Waals surface area contributed by atoms with E-state index in [4.69, 9.17) is 16.3 Å². The number of nitrogens with zero attached hydrogens (tertiary/aromatic N) is 2. The summed E-state index contributed by atoms with van der Waals surface area (Å²) in [4.78, 5) is 29.4. The van der Waals surface area contributed by atoms with Crippen LogP contribution in [0.25, 0.3) is 11.0 Å². The number of carboxylic acids is 1. The van der Waals surface area contributed by atoms with Crippen molar-refractivity contribution in [2.75, 3.05) is 0 Å². The predicted molar refractivity (Wildman–Crippen MR) is 109 cm³/mol. The van der Waals surface area contributed by atoms with E-state index in [1.807, 2.05) is 6.07 Å². The van der Waals surface area contributed by atoms with Crippen LogP contribution in [0.4, 0.5) is 0 Å². The number of aromatic carboxylic acids is 1. The summed E-state index contributed by atoms with van der Waals surface area (Å²) in [7, 11) is 0. The minimum atomic E-state index is -1.17. The van der Waals surface area contributed by atoms with Crippen LogP contribution in [0.1, 0.15) is 26.5 Å². The van der Waals surface area contributed by atoms with E-state index in [1.165, 1.54) is 16.7 Å². The van der Waals surface area contributed by atoms with E-state index in [9.17, 15) is 14.7 Å². The largest absolute Gasteiger partial charge is 0.486 e. The number of halogens is 1.